The molecule has 1 saturated carbocycles. The fraction of sp³-hybridized carbons (Fsp3) is 0.917. The standard InChI is InChI=1S/C12H21NO2/c14-12(15)11-7-3-4-8-13(11)9-10-5-1-2-6-10/h10-11H,1-9H2,(H,14,15)/t11-/m0/s1. The summed E-state index contributed by atoms with van der Waals surface area (Å²) in [5.41, 5.74) is 0. The summed E-state index contributed by atoms with van der Waals surface area (Å²) in [7, 11) is 0. The number of carboxylic acids is 1. The van der Waals surface area contributed by atoms with Crippen molar-refractivity contribution in [3.63, 3.8) is 0 Å². The van der Waals surface area contributed by atoms with Crippen molar-refractivity contribution in [1.29, 1.82) is 0 Å². The smallest absolute Gasteiger partial charge is 0.320 e. The molecule has 1 aliphatic carbocycles. The molecule has 0 aromatic heterocycles. The van der Waals surface area contributed by atoms with Crippen molar-refractivity contribution in [3.05, 3.63) is 0 Å². The zero-order chi connectivity index (χ0) is 10.7. The first-order valence-electron chi connectivity index (χ1n) is 6.24. The molecule has 0 spiro atoms. The summed E-state index contributed by atoms with van der Waals surface area (Å²) in [4.78, 5) is 13.3. The normalized spacial score (nSPS) is 29.5. The van der Waals surface area contributed by atoms with Crippen molar-refractivity contribution in [2.75, 3.05) is 13.1 Å². The number of likely N-dealkylation sites (tertiary alicyclic amines) is 1. The maximum absolute atomic E-state index is 11.1. The summed E-state index contributed by atoms with van der Waals surface area (Å²) in [6.07, 6.45) is 8.41. The minimum atomic E-state index is -0.618. The lowest BCUT2D eigenvalue weighted by atomic mass is 9.99. The monoisotopic (exact) mass is 211 g/mol. The van der Waals surface area contributed by atoms with E-state index in [1.165, 1.54) is 32.1 Å². The third-order valence-corrected chi connectivity index (χ3v) is 3.87. The summed E-state index contributed by atoms with van der Waals surface area (Å²) in [5, 5.41) is 9.14. The number of carboxylic acid groups (broad SMARTS) is 1. The molecular formula is C12H21NO2. The summed E-state index contributed by atoms with van der Waals surface area (Å²) in [6.45, 7) is 2.02. The van der Waals surface area contributed by atoms with Gasteiger partial charge in [-0.15, -0.1) is 0 Å². The molecule has 1 saturated heterocycles. The highest BCUT2D eigenvalue weighted by atomic mass is 16.4. The van der Waals surface area contributed by atoms with Gasteiger partial charge in [0.15, 0.2) is 0 Å². The van der Waals surface area contributed by atoms with Gasteiger partial charge in [-0.05, 0) is 38.1 Å². The summed E-state index contributed by atoms with van der Waals surface area (Å²) in [5.74, 6) is 0.151. The van der Waals surface area contributed by atoms with Crippen LogP contribution < -0.4 is 0 Å². The van der Waals surface area contributed by atoms with Crippen LogP contribution in [0, 0.1) is 5.92 Å². The SMILES string of the molecule is O=C(O)[C@@H]1CCCCN1CC1CCCC1. The Labute approximate surface area is 91.5 Å². The van der Waals surface area contributed by atoms with Crippen LogP contribution in [-0.4, -0.2) is 35.1 Å². The van der Waals surface area contributed by atoms with Crippen LogP contribution in [0.4, 0.5) is 0 Å². The predicted molar refractivity (Wildman–Crippen MR) is 58.8 cm³/mol. The van der Waals surface area contributed by atoms with Gasteiger partial charge in [-0.2, -0.15) is 0 Å². The van der Waals surface area contributed by atoms with Crippen molar-refractivity contribution in [2.45, 2.75) is 51.0 Å². The molecule has 3 heteroatoms. The van der Waals surface area contributed by atoms with Crippen molar-refractivity contribution in [3.8, 4) is 0 Å². The largest absolute Gasteiger partial charge is 0.480 e. The minimum absolute atomic E-state index is 0.195. The Morgan fingerprint density at radius 3 is 2.47 bits per heavy atom. The molecule has 0 amide bonds. The van der Waals surface area contributed by atoms with E-state index < -0.39 is 5.97 Å². The Morgan fingerprint density at radius 2 is 1.80 bits per heavy atom. The Kier molecular flexibility index (Phi) is 3.62. The van der Waals surface area contributed by atoms with Gasteiger partial charge < -0.3 is 5.11 Å². The first-order chi connectivity index (χ1) is 7.27. The van der Waals surface area contributed by atoms with E-state index in [1.807, 2.05) is 0 Å². The molecule has 15 heavy (non-hydrogen) atoms. The molecule has 0 aromatic carbocycles. The Morgan fingerprint density at radius 1 is 1.13 bits per heavy atom. The number of piperidine rings is 1. The molecule has 1 heterocycles. The van der Waals surface area contributed by atoms with Crippen LogP contribution in [-0.2, 0) is 4.79 Å². The van der Waals surface area contributed by atoms with Gasteiger partial charge in [0.1, 0.15) is 6.04 Å². The van der Waals surface area contributed by atoms with Gasteiger partial charge in [0.2, 0.25) is 0 Å². The van der Waals surface area contributed by atoms with Gasteiger partial charge in [0.05, 0.1) is 0 Å². The summed E-state index contributed by atoms with van der Waals surface area (Å²) >= 11 is 0. The number of nitrogens with zero attached hydrogens (tertiary/aromatic N) is 1. The van der Waals surface area contributed by atoms with Crippen LogP contribution in [0.25, 0.3) is 0 Å². The quantitative estimate of drug-likeness (QED) is 0.777. The molecule has 0 bridgehead atoms. The van der Waals surface area contributed by atoms with E-state index in [4.69, 9.17) is 5.11 Å². The summed E-state index contributed by atoms with van der Waals surface area (Å²) < 4.78 is 0. The maximum Gasteiger partial charge on any atom is 0.320 e. The van der Waals surface area contributed by atoms with Crippen molar-refractivity contribution < 1.29 is 9.90 Å². The second kappa shape index (κ2) is 4.97. The maximum atomic E-state index is 11.1. The predicted octanol–water partition coefficient (Wildman–Crippen LogP) is 2.12. The first-order valence-corrected chi connectivity index (χ1v) is 6.24. The molecule has 0 aromatic rings. The van der Waals surface area contributed by atoms with E-state index in [0.717, 1.165) is 31.8 Å². The van der Waals surface area contributed by atoms with E-state index >= 15 is 0 Å². The second-order valence-corrected chi connectivity index (χ2v) is 5.00. The third-order valence-electron chi connectivity index (χ3n) is 3.87. The molecule has 3 nitrogen and oxygen atoms in total. The van der Waals surface area contributed by atoms with Gasteiger partial charge in [-0.1, -0.05) is 19.3 Å². The lowest BCUT2D eigenvalue weighted by Gasteiger charge is -2.34. The van der Waals surface area contributed by atoms with Gasteiger partial charge in [0.25, 0.3) is 0 Å². The molecule has 2 rings (SSSR count). The lowest BCUT2D eigenvalue weighted by Crippen LogP contribution is -2.46. The van der Waals surface area contributed by atoms with Crippen molar-refractivity contribution >= 4 is 5.97 Å². The lowest BCUT2D eigenvalue weighted by molar-refractivity contribution is -0.144. The molecule has 1 N–H and O–H groups in total. The van der Waals surface area contributed by atoms with Crippen LogP contribution >= 0.6 is 0 Å². The molecule has 0 unspecified atom stereocenters. The number of aliphatic carboxylic acids is 1. The highest BCUT2D eigenvalue weighted by Crippen LogP contribution is 2.28. The van der Waals surface area contributed by atoms with Crippen LogP contribution in [0.1, 0.15) is 44.9 Å². The average Bonchev–Trinajstić information content (AvgIpc) is 2.71. The third kappa shape index (κ3) is 2.71. The van der Waals surface area contributed by atoms with Crippen LogP contribution in [0.15, 0.2) is 0 Å². The molecule has 2 fully saturated rings. The van der Waals surface area contributed by atoms with Crippen LogP contribution in [0.2, 0.25) is 0 Å². The van der Waals surface area contributed by atoms with Gasteiger partial charge >= 0.3 is 5.97 Å². The number of hydrogen-bond donors (Lipinski definition) is 1. The molecule has 86 valence electrons. The van der Waals surface area contributed by atoms with E-state index in [0.29, 0.717) is 0 Å². The van der Waals surface area contributed by atoms with Gasteiger partial charge in [-0.25, -0.2) is 0 Å². The highest BCUT2D eigenvalue weighted by molar-refractivity contribution is 5.73. The molecule has 1 atom stereocenters. The molecule has 1 aliphatic heterocycles. The Hall–Kier alpha value is -0.570. The zero-order valence-corrected chi connectivity index (χ0v) is 9.32. The van der Waals surface area contributed by atoms with E-state index in [-0.39, 0.29) is 6.04 Å². The fourth-order valence-corrected chi connectivity index (χ4v) is 3.01. The topological polar surface area (TPSA) is 40.5 Å². The Bertz CT molecular complexity index is 224. The minimum Gasteiger partial charge on any atom is -0.480 e. The number of rotatable bonds is 3. The van der Waals surface area contributed by atoms with Crippen LogP contribution in [0.5, 0.6) is 0 Å². The van der Waals surface area contributed by atoms with Crippen molar-refractivity contribution in [2.24, 2.45) is 5.92 Å². The zero-order valence-electron chi connectivity index (χ0n) is 9.32. The van der Waals surface area contributed by atoms with E-state index in [1.54, 1.807) is 0 Å². The summed E-state index contributed by atoms with van der Waals surface area (Å²) in [6, 6.07) is -0.195. The molecule has 0 radical (unpaired) electrons. The van der Waals surface area contributed by atoms with E-state index in [2.05, 4.69) is 4.90 Å². The van der Waals surface area contributed by atoms with E-state index in [9.17, 15) is 4.79 Å². The fourth-order valence-electron chi connectivity index (χ4n) is 3.01. The van der Waals surface area contributed by atoms with Crippen molar-refractivity contribution in [1.82, 2.24) is 4.90 Å². The highest BCUT2D eigenvalue weighted by Gasteiger charge is 2.30. The average molecular weight is 211 g/mol. The molecule has 2 aliphatic rings. The number of hydrogen-bond acceptors (Lipinski definition) is 2. The number of carbonyl (C=O) groups is 1. The molecular weight excluding hydrogens is 190 g/mol. The Balaban J connectivity index is 1.89. The first kappa shape index (κ1) is 10.9. The van der Waals surface area contributed by atoms with Gasteiger partial charge in [-0.3, -0.25) is 9.69 Å². The van der Waals surface area contributed by atoms with Gasteiger partial charge in [0, 0.05) is 6.54 Å². The van der Waals surface area contributed by atoms with Crippen LogP contribution in [0.3, 0.4) is 0 Å². The second-order valence-electron chi connectivity index (χ2n) is 5.00.